The van der Waals surface area contributed by atoms with Crippen molar-refractivity contribution in [3.8, 4) is 11.5 Å². The SMILES string of the molecule is COc1ccc(/C=C\C(=O)N[C@@H](C)C23CC4CC(CC(C4)C2)C3)cc1OC. The van der Waals surface area contributed by atoms with Crippen molar-refractivity contribution in [2.75, 3.05) is 14.2 Å². The molecule has 0 aliphatic heterocycles. The molecule has 0 heterocycles. The summed E-state index contributed by atoms with van der Waals surface area (Å²) in [6, 6.07) is 5.90. The van der Waals surface area contributed by atoms with Crippen LogP contribution in [-0.2, 0) is 4.79 Å². The number of carbonyl (C=O) groups excluding carboxylic acids is 1. The van der Waals surface area contributed by atoms with Crippen molar-refractivity contribution in [3.63, 3.8) is 0 Å². The highest BCUT2D eigenvalue weighted by Crippen LogP contribution is 2.61. The Kier molecular flexibility index (Phi) is 4.92. The quantitative estimate of drug-likeness (QED) is 0.754. The number of hydrogen-bond donors (Lipinski definition) is 1. The summed E-state index contributed by atoms with van der Waals surface area (Å²) in [5.41, 5.74) is 1.26. The average molecular weight is 370 g/mol. The van der Waals surface area contributed by atoms with E-state index in [0.717, 1.165) is 23.3 Å². The number of rotatable bonds is 6. The molecule has 1 aromatic carbocycles. The van der Waals surface area contributed by atoms with Gasteiger partial charge in [0.25, 0.3) is 0 Å². The molecule has 4 bridgehead atoms. The van der Waals surface area contributed by atoms with Gasteiger partial charge in [0, 0.05) is 12.1 Å². The third-order valence-electron chi connectivity index (χ3n) is 7.20. The molecule has 4 heteroatoms. The summed E-state index contributed by atoms with van der Waals surface area (Å²) >= 11 is 0. The second-order valence-electron chi connectivity index (χ2n) is 8.96. The van der Waals surface area contributed by atoms with Gasteiger partial charge in [0.2, 0.25) is 5.91 Å². The van der Waals surface area contributed by atoms with Gasteiger partial charge in [-0.2, -0.15) is 0 Å². The van der Waals surface area contributed by atoms with Gasteiger partial charge in [0.1, 0.15) is 0 Å². The Bertz CT molecular complexity index is 704. The molecule has 1 amide bonds. The molecule has 4 aliphatic rings. The second-order valence-corrected chi connectivity index (χ2v) is 8.96. The van der Waals surface area contributed by atoms with Gasteiger partial charge in [-0.15, -0.1) is 0 Å². The second kappa shape index (κ2) is 7.21. The molecule has 5 rings (SSSR count). The fourth-order valence-corrected chi connectivity index (χ4v) is 6.25. The smallest absolute Gasteiger partial charge is 0.244 e. The minimum Gasteiger partial charge on any atom is -0.493 e. The van der Waals surface area contributed by atoms with E-state index in [1.807, 2.05) is 24.3 Å². The van der Waals surface area contributed by atoms with Crippen LogP contribution in [-0.4, -0.2) is 26.2 Å². The number of hydrogen-bond acceptors (Lipinski definition) is 3. The maximum absolute atomic E-state index is 12.5. The standard InChI is InChI=1S/C23H31NO3/c1-15(23-12-17-8-18(13-23)10-19(9-17)14-23)24-22(25)7-5-16-4-6-20(26-2)21(11-16)27-3/h4-7,11,15,17-19H,8-10,12-14H2,1-3H3,(H,24,25)/b7-5-/t15-,17?,18?,19?,23?/m0/s1. The normalized spacial score (nSPS) is 32.5. The lowest BCUT2D eigenvalue weighted by atomic mass is 9.48. The molecule has 0 saturated heterocycles. The maximum Gasteiger partial charge on any atom is 0.244 e. The highest BCUT2D eigenvalue weighted by molar-refractivity contribution is 5.92. The monoisotopic (exact) mass is 369 g/mol. The Morgan fingerprint density at radius 3 is 2.22 bits per heavy atom. The van der Waals surface area contributed by atoms with Gasteiger partial charge in [-0.1, -0.05) is 6.07 Å². The van der Waals surface area contributed by atoms with Crippen molar-refractivity contribution in [2.45, 2.75) is 51.5 Å². The van der Waals surface area contributed by atoms with Crippen molar-refractivity contribution in [2.24, 2.45) is 23.2 Å². The number of nitrogens with one attached hydrogen (secondary N) is 1. The number of amides is 1. The summed E-state index contributed by atoms with van der Waals surface area (Å²) < 4.78 is 10.6. The fraction of sp³-hybridized carbons (Fsp3) is 0.609. The lowest BCUT2D eigenvalue weighted by Gasteiger charge is -2.59. The fourth-order valence-electron chi connectivity index (χ4n) is 6.25. The van der Waals surface area contributed by atoms with Crippen molar-refractivity contribution in [1.29, 1.82) is 0 Å². The molecule has 0 spiro atoms. The van der Waals surface area contributed by atoms with Gasteiger partial charge in [-0.05, 0) is 92.4 Å². The molecule has 146 valence electrons. The summed E-state index contributed by atoms with van der Waals surface area (Å²) in [5, 5.41) is 3.28. The predicted molar refractivity (Wildman–Crippen MR) is 107 cm³/mol. The van der Waals surface area contributed by atoms with Crippen LogP contribution in [0, 0.1) is 23.2 Å². The van der Waals surface area contributed by atoms with Gasteiger partial charge < -0.3 is 14.8 Å². The van der Waals surface area contributed by atoms with Gasteiger partial charge >= 0.3 is 0 Å². The highest BCUT2D eigenvalue weighted by Gasteiger charge is 2.53. The predicted octanol–water partition coefficient (Wildman–Crippen LogP) is 4.44. The van der Waals surface area contributed by atoms with E-state index in [1.165, 1.54) is 38.5 Å². The van der Waals surface area contributed by atoms with E-state index < -0.39 is 0 Å². The van der Waals surface area contributed by atoms with E-state index in [-0.39, 0.29) is 11.9 Å². The van der Waals surface area contributed by atoms with E-state index in [0.29, 0.717) is 16.9 Å². The van der Waals surface area contributed by atoms with E-state index >= 15 is 0 Å². The molecule has 27 heavy (non-hydrogen) atoms. The lowest BCUT2D eigenvalue weighted by Crippen LogP contribution is -2.55. The zero-order valence-electron chi connectivity index (χ0n) is 16.7. The molecular weight excluding hydrogens is 338 g/mol. The van der Waals surface area contributed by atoms with Crippen molar-refractivity contribution < 1.29 is 14.3 Å². The summed E-state index contributed by atoms with van der Waals surface area (Å²) in [4.78, 5) is 12.5. The molecule has 4 saturated carbocycles. The van der Waals surface area contributed by atoms with Crippen LogP contribution in [0.15, 0.2) is 24.3 Å². The van der Waals surface area contributed by atoms with Crippen LogP contribution in [0.4, 0.5) is 0 Å². The van der Waals surface area contributed by atoms with Crippen molar-refractivity contribution in [1.82, 2.24) is 5.32 Å². The first-order valence-electron chi connectivity index (χ1n) is 10.2. The van der Waals surface area contributed by atoms with E-state index in [1.54, 1.807) is 20.3 Å². The van der Waals surface area contributed by atoms with Crippen molar-refractivity contribution >= 4 is 12.0 Å². The highest BCUT2D eigenvalue weighted by atomic mass is 16.5. The number of ether oxygens (including phenoxy) is 2. The zero-order valence-corrected chi connectivity index (χ0v) is 16.7. The molecule has 1 N–H and O–H groups in total. The molecule has 4 aliphatic carbocycles. The Labute approximate surface area is 162 Å². The molecule has 0 aromatic heterocycles. The summed E-state index contributed by atoms with van der Waals surface area (Å²) in [7, 11) is 3.23. The topological polar surface area (TPSA) is 47.6 Å². The minimum absolute atomic E-state index is 0.00645. The minimum atomic E-state index is -0.00645. The molecule has 0 radical (unpaired) electrons. The Morgan fingerprint density at radius 2 is 1.67 bits per heavy atom. The van der Waals surface area contributed by atoms with Gasteiger partial charge in [0.05, 0.1) is 14.2 Å². The van der Waals surface area contributed by atoms with Crippen LogP contribution in [0.1, 0.15) is 51.0 Å². The number of methoxy groups -OCH3 is 2. The largest absolute Gasteiger partial charge is 0.493 e. The molecule has 1 atom stereocenters. The molecular formula is C23H31NO3. The van der Waals surface area contributed by atoms with Crippen LogP contribution < -0.4 is 14.8 Å². The van der Waals surface area contributed by atoms with Gasteiger partial charge in [-0.3, -0.25) is 4.79 Å². The van der Waals surface area contributed by atoms with Gasteiger partial charge in [0.15, 0.2) is 11.5 Å². The molecule has 1 aromatic rings. The van der Waals surface area contributed by atoms with E-state index in [4.69, 9.17) is 9.47 Å². The van der Waals surface area contributed by atoms with Crippen LogP contribution in [0.5, 0.6) is 11.5 Å². The summed E-state index contributed by atoms with van der Waals surface area (Å²) in [5.74, 6) is 4.05. The van der Waals surface area contributed by atoms with E-state index in [2.05, 4.69) is 12.2 Å². The first kappa shape index (κ1) is 18.4. The van der Waals surface area contributed by atoms with E-state index in [9.17, 15) is 4.79 Å². The maximum atomic E-state index is 12.5. The van der Waals surface area contributed by atoms with Crippen LogP contribution in [0.25, 0.3) is 6.08 Å². The first-order chi connectivity index (χ1) is 13.0. The Hall–Kier alpha value is -1.97. The molecule has 0 unspecified atom stereocenters. The summed E-state index contributed by atoms with van der Waals surface area (Å²) in [6.07, 6.45) is 11.7. The Morgan fingerprint density at radius 1 is 1.07 bits per heavy atom. The van der Waals surface area contributed by atoms with Crippen LogP contribution in [0.3, 0.4) is 0 Å². The Balaban J connectivity index is 1.40. The third-order valence-corrected chi connectivity index (χ3v) is 7.20. The zero-order chi connectivity index (χ0) is 19.0. The third kappa shape index (κ3) is 3.59. The van der Waals surface area contributed by atoms with Crippen LogP contribution >= 0.6 is 0 Å². The average Bonchev–Trinajstić information content (AvgIpc) is 2.65. The van der Waals surface area contributed by atoms with Crippen molar-refractivity contribution in [3.05, 3.63) is 29.8 Å². The lowest BCUT2D eigenvalue weighted by molar-refractivity contribution is -0.121. The first-order valence-corrected chi connectivity index (χ1v) is 10.2. The van der Waals surface area contributed by atoms with Crippen LogP contribution in [0.2, 0.25) is 0 Å². The summed E-state index contributed by atoms with van der Waals surface area (Å²) in [6.45, 7) is 2.22. The number of carbonyl (C=O) groups is 1. The van der Waals surface area contributed by atoms with Gasteiger partial charge in [-0.25, -0.2) is 0 Å². The molecule has 4 nitrogen and oxygen atoms in total. The molecule has 4 fully saturated rings. The number of benzene rings is 1.